The van der Waals surface area contributed by atoms with Crippen molar-refractivity contribution in [2.45, 2.75) is 46.2 Å². The average molecular weight is 436 g/mol. The van der Waals surface area contributed by atoms with Crippen LogP contribution in [0, 0.1) is 13.8 Å². The number of benzene rings is 1. The zero-order valence-corrected chi connectivity index (χ0v) is 19.5. The van der Waals surface area contributed by atoms with E-state index in [0.717, 1.165) is 54.9 Å². The lowest BCUT2D eigenvalue weighted by Crippen LogP contribution is -2.27. The van der Waals surface area contributed by atoms with Gasteiger partial charge in [0.15, 0.2) is 0 Å². The van der Waals surface area contributed by atoms with Crippen LogP contribution in [-0.4, -0.2) is 58.9 Å². The van der Waals surface area contributed by atoms with Gasteiger partial charge in [0.05, 0.1) is 23.4 Å². The fourth-order valence-electron chi connectivity index (χ4n) is 4.67. The summed E-state index contributed by atoms with van der Waals surface area (Å²) in [5.41, 5.74) is 6.27. The smallest absolute Gasteiger partial charge is 0.252 e. The summed E-state index contributed by atoms with van der Waals surface area (Å²) in [6, 6.07) is 9.88. The van der Waals surface area contributed by atoms with Crippen molar-refractivity contribution in [1.29, 1.82) is 0 Å². The van der Waals surface area contributed by atoms with Gasteiger partial charge in [-0.2, -0.15) is 5.10 Å². The Kier molecular flexibility index (Phi) is 6.86. The molecule has 0 spiro atoms. The van der Waals surface area contributed by atoms with E-state index in [-0.39, 0.29) is 5.91 Å². The summed E-state index contributed by atoms with van der Waals surface area (Å²) in [5, 5.41) is 8.52. The van der Waals surface area contributed by atoms with Crippen LogP contribution in [0.15, 0.2) is 30.3 Å². The zero-order chi connectivity index (χ0) is 22.7. The van der Waals surface area contributed by atoms with Crippen LogP contribution in [0.1, 0.15) is 52.3 Å². The highest BCUT2D eigenvalue weighted by Gasteiger charge is 2.27. The maximum atomic E-state index is 12.9. The van der Waals surface area contributed by atoms with E-state index < -0.39 is 0 Å². The minimum Gasteiger partial charge on any atom is -0.383 e. The highest BCUT2D eigenvalue weighted by atomic mass is 16.5. The second kappa shape index (κ2) is 9.79. The molecule has 32 heavy (non-hydrogen) atoms. The van der Waals surface area contributed by atoms with Crippen LogP contribution in [0.5, 0.6) is 0 Å². The van der Waals surface area contributed by atoms with Crippen LogP contribution in [0.3, 0.4) is 0 Å². The first kappa shape index (κ1) is 22.4. The number of ether oxygens (including phenoxy) is 1. The number of nitrogens with one attached hydrogen (secondary N) is 1. The van der Waals surface area contributed by atoms with Crippen molar-refractivity contribution in [1.82, 2.24) is 25.0 Å². The standard InChI is InChI=1S/C25H33N5O2/c1-5-30-18(3)22(17(2)28-30)16-29-12-10-19(15-29)24-14-21(25(31)26-11-13-32-4)20-8-6-7-9-23(20)27-24/h6-9,14,19H,5,10-13,15-16H2,1-4H3,(H,26,31)/t19-/m0/s1. The Balaban J connectivity index is 1.55. The van der Waals surface area contributed by atoms with Crippen LogP contribution in [-0.2, 0) is 17.8 Å². The van der Waals surface area contributed by atoms with Crippen LogP contribution in [0.25, 0.3) is 10.9 Å². The monoisotopic (exact) mass is 435 g/mol. The molecule has 2 aromatic heterocycles. The van der Waals surface area contributed by atoms with Gasteiger partial charge in [0.1, 0.15) is 0 Å². The Morgan fingerprint density at radius 1 is 1.28 bits per heavy atom. The minimum atomic E-state index is -0.0741. The number of aromatic nitrogens is 3. The topological polar surface area (TPSA) is 72.3 Å². The number of fused-ring (bicyclic) bond motifs is 1. The predicted octanol–water partition coefficient (Wildman–Crippen LogP) is 3.43. The molecule has 1 aliphatic heterocycles. The molecule has 3 aromatic rings. The number of para-hydroxylation sites is 1. The number of hydrogen-bond donors (Lipinski definition) is 1. The number of nitrogens with zero attached hydrogens (tertiary/aromatic N) is 4. The Labute approximate surface area is 189 Å². The lowest BCUT2D eigenvalue weighted by atomic mass is 9.99. The molecule has 1 aliphatic rings. The number of carbonyl (C=O) groups is 1. The molecule has 1 N–H and O–H groups in total. The van der Waals surface area contributed by atoms with Crippen molar-refractivity contribution in [2.75, 3.05) is 33.4 Å². The number of pyridine rings is 1. The predicted molar refractivity (Wildman–Crippen MR) is 126 cm³/mol. The summed E-state index contributed by atoms with van der Waals surface area (Å²) in [7, 11) is 1.63. The van der Waals surface area contributed by atoms with Gasteiger partial charge in [-0.05, 0) is 45.9 Å². The molecule has 0 saturated carbocycles. The molecule has 1 amide bonds. The number of rotatable bonds is 8. The van der Waals surface area contributed by atoms with Gasteiger partial charge in [0.25, 0.3) is 5.91 Å². The SMILES string of the molecule is CCn1nc(C)c(CN2CC[C@H](c3cc(C(=O)NCCOC)c4ccccc4n3)C2)c1C. The average Bonchev–Trinajstić information content (AvgIpc) is 3.38. The highest BCUT2D eigenvalue weighted by Crippen LogP contribution is 2.31. The molecule has 0 unspecified atom stereocenters. The molecule has 0 aliphatic carbocycles. The van der Waals surface area contributed by atoms with Crippen molar-refractivity contribution >= 4 is 16.8 Å². The van der Waals surface area contributed by atoms with Crippen molar-refractivity contribution in [3.05, 3.63) is 58.5 Å². The maximum absolute atomic E-state index is 12.9. The summed E-state index contributed by atoms with van der Waals surface area (Å²) < 4.78 is 7.15. The van der Waals surface area contributed by atoms with Crippen LogP contribution < -0.4 is 5.32 Å². The fourth-order valence-corrected chi connectivity index (χ4v) is 4.67. The molecule has 170 valence electrons. The third-order valence-corrected chi connectivity index (χ3v) is 6.48. The van der Waals surface area contributed by atoms with Crippen LogP contribution in [0.2, 0.25) is 0 Å². The van der Waals surface area contributed by atoms with Crippen molar-refractivity contribution in [2.24, 2.45) is 0 Å². The molecule has 4 rings (SSSR count). The van der Waals surface area contributed by atoms with Gasteiger partial charge in [-0.15, -0.1) is 0 Å². The van der Waals surface area contributed by atoms with Crippen LogP contribution >= 0.6 is 0 Å². The van der Waals surface area contributed by atoms with Crippen molar-refractivity contribution < 1.29 is 9.53 Å². The van der Waals surface area contributed by atoms with Gasteiger partial charge in [-0.1, -0.05) is 18.2 Å². The fraction of sp³-hybridized carbons (Fsp3) is 0.480. The van der Waals surface area contributed by atoms with E-state index in [9.17, 15) is 4.79 Å². The summed E-state index contributed by atoms with van der Waals surface area (Å²) in [4.78, 5) is 20.3. The first-order chi connectivity index (χ1) is 15.5. The maximum Gasteiger partial charge on any atom is 0.252 e. The summed E-state index contributed by atoms with van der Waals surface area (Å²) in [6.45, 7) is 11.1. The number of methoxy groups -OCH3 is 1. The van der Waals surface area contributed by atoms with Gasteiger partial charge in [-0.3, -0.25) is 19.4 Å². The Hall–Kier alpha value is -2.77. The second-order valence-corrected chi connectivity index (χ2v) is 8.55. The first-order valence-corrected chi connectivity index (χ1v) is 11.4. The zero-order valence-electron chi connectivity index (χ0n) is 19.5. The number of carbonyl (C=O) groups excluding carboxylic acids is 1. The van der Waals surface area contributed by atoms with E-state index in [1.807, 2.05) is 30.3 Å². The molecule has 7 heteroatoms. The molecule has 0 bridgehead atoms. The van der Waals surface area contributed by atoms with E-state index in [2.05, 4.69) is 40.8 Å². The summed E-state index contributed by atoms with van der Waals surface area (Å²) >= 11 is 0. The van der Waals surface area contributed by atoms with Crippen molar-refractivity contribution in [3.63, 3.8) is 0 Å². The molecule has 7 nitrogen and oxygen atoms in total. The lowest BCUT2D eigenvalue weighted by molar-refractivity contribution is 0.0938. The van der Waals surface area contributed by atoms with Crippen LogP contribution in [0.4, 0.5) is 0 Å². The third kappa shape index (κ3) is 4.54. The molecule has 1 atom stereocenters. The lowest BCUT2D eigenvalue weighted by Gasteiger charge is -2.17. The van der Waals surface area contributed by atoms with E-state index in [4.69, 9.17) is 9.72 Å². The molecule has 1 aromatic carbocycles. The van der Waals surface area contributed by atoms with E-state index in [0.29, 0.717) is 24.6 Å². The minimum absolute atomic E-state index is 0.0741. The molecular weight excluding hydrogens is 402 g/mol. The normalized spacial score (nSPS) is 16.7. The van der Waals surface area contributed by atoms with Gasteiger partial charge in [0.2, 0.25) is 0 Å². The Bertz CT molecular complexity index is 1110. The van der Waals surface area contributed by atoms with Gasteiger partial charge in [-0.25, -0.2) is 0 Å². The number of hydrogen-bond acceptors (Lipinski definition) is 5. The van der Waals surface area contributed by atoms with Gasteiger partial charge < -0.3 is 10.1 Å². The Morgan fingerprint density at radius 2 is 2.09 bits per heavy atom. The van der Waals surface area contributed by atoms with Gasteiger partial charge in [0, 0.05) is 61.5 Å². The highest BCUT2D eigenvalue weighted by molar-refractivity contribution is 6.06. The first-order valence-electron chi connectivity index (χ1n) is 11.4. The quantitative estimate of drug-likeness (QED) is 0.549. The molecule has 3 heterocycles. The molecule has 0 radical (unpaired) electrons. The summed E-state index contributed by atoms with van der Waals surface area (Å²) in [6.07, 6.45) is 1.04. The molecule has 1 saturated heterocycles. The molecular formula is C25H33N5O2. The van der Waals surface area contributed by atoms with E-state index >= 15 is 0 Å². The largest absolute Gasteiger partial charge is 0.383 e. The van der Waals surface area contributed by atoms with E-state index in [1.165, 1.54) is 11.3 Å². The number of aryl methyl sites for hydroxylation is 2. The van der Waals surface area contributed by atoms with Crippen molar-refractivity contribution in [3.8, 4) is 0 Å². The Morgan fingerprint density at radius 3 is 2.84 bits per heavy atom. The number of likely N-dealkylation sites (tertiary alicyclic amines) is 1. The second-order valence-electron chi connectivity index (χ2n) is 8.55. The molecule has 1 fully saturated rings. The third-order valence-electron chi connectivity index (χ3n) is 6.48. The number of amides is 1. The van der Waals surface area contributed by atoms with Gasteiger partial charge >= 0.3 is 0 Å². The van der Waals surface area contributed by atoms with E-state index in [1.54, 1.807) is 7.11 Å². The summed E-state index contributed by atoms with van der Waals surface area (Å²) in [5.74, 6) is 0.238.